The molecule has 21 heavy (non-hydrogen) atoms. The van der Waals surface area contributed by atoms with E-state index in [2.05, 4.69) is 0 Å². The first-order valence-corrected chi connectivity index (χ1v) is 9.19. The summed E-state index contributed by atoms with van der Waals surface area (Å²) >= 11 is 1.75. The molecule has 1 saturated heterocycles. The van der Waals surface area contributed by atoms with Gasteiger partial charge in [-0.3, -0.25) is 0 Å². The summed E-state index contributed by atoms with van der Waals surface area (Å²) in [4.78, 5) is -0.0437. The molecule has 1 aliphatic rings. The molecule has 0 bridgehead atoms. The quantitative estimate of drug-likeness (QED) is 0.921. The van der Waals surface area contributed by atoms with Crippen LogP contribution in [0, 0.1) is 12.7 Å². The van der Waals surface area contributed by atoms with E-state index in [0.717, 1.165) is 0 Å². The SMILES string of the molecule is Cc1c(F)cc(CO)cc1S(=O)(=O)N1CC(C)SC(C)C1. The number of thioether (sulfide) groups is 1. The molecule has 7 heteroatoms. The normalized spacial score (nSPS) is 24.2. The van der Waals surface area contributed by atoms with Crippen molar-refractivity contribution in [3.63, 3.8) is 0 Å². The Labute approximate surface area is 129 Å². The van der Waals surface area contributed by atoms with Crippen LogP contribution < -0.4 is 0 Å². The first-order valence-electron chi connectivity index (χ1n) is 6.81. The Hall–Kier alpha value is -0.630. The minimum Gasteiger partial charge on any atom is -0.392 e. The third-order valence-electron chi connectivity index (χ3n) is 3.54. The van der Waals surface area contributed by atoms with Crippen molar-refractivity contribution >= 4 is 21.8 Å². The summed E-state index contributed by atoms with van der Waals surface area (Å²) in [5.74, 6) is -0.604. The molecule has 1 aliphatic heterocycles. The first kappa shape index (κ1) is 16.7. The highest BCUT2D eigenvalue weighted by atomic mass is 32.2. The number of aliphatic hydroxyl groups excluding tert-OH is 1. The number of hydrogen-bond acceptors (Lipinski definition) is 4. The van der Waals surface area contributed by atoms with Crippen LogP contribution in [0.5, 0.6) is 0 Å². The van der Waals surface area contributed by atoms with Crippen LogP contribution in [0.25, 0.3) is 0 Å². The Morgan fingerprint density at radius 2 is 1.90 bits per heavy atom. The molecule has 1 N–H and O–H groups in total. The van der Waals surface area contributed by atoms with Gasteiger partial charge in [-0.15, -0.1) is 0 Å². The predicted molar refractivity (Wildman–Crippen MR) is 82.3 cm³/mol. The minimum atomic E-state index is -3.74. The standard InChI is InChI=1S/C14H20FNO3S2/c1-9-6-16(7-10(2)20-9)21(18,19)14-5-12(8-17)4-13(15)11(14)3/h4-5,9-10,17H,6-8H2,1-3H3. The summed E-state index contributed by atoms with van der Waals surface area (Å²) in [6.45, 7) is 5.88. The number of sulfonamides is 1. The van der Waals surface area contributed by atoms with E-state index >= 15 is 0 Å². The van der Waals surface area contributed by atoms with Gasteiger partial charge in [0.25, 0.3) is 0 Å². The zero-order valence-electron chi connectivity index (χ0n) is 12.3. The van der Waals surface area contributed by atoms with Gasteiger partial charge < -0.3 is 5.11 Å². The Balaban J connectivity index is 2.46. The number of hydrogen-bond donors (Lipinski definition) is 1. The maximum Gasteiger partial charge on any atom is 0.243 e. The number of rotatable bonds is 3. The molecule has 0 aromatic heterocycles. The number of halogens is 1. The molecule has 0 spiro atoms. The molecule has 0 aliphatic carbocycles. The third kappa shape index (κ3) is 3.41. The van der Waals surface area contributed by atoms with Crippen molar-refractivity contribution in [1.82, 2.24) is 4.31 Å². The summed E-state index contributed by atoms with van der Waals surface area (Å²) in [5, 5.41) is 9.57. The van der Waals surface area contributed by atoms with Gasteiger partial charge in [0.15, 0.2) is 0 Å². The second-order valence-corrected chi connectivity index (χ2v) is 9.23. The van der Waals surface area contributed by atoms with E-state index in [0.29, 0.717) is 13.1 Å². The molecule has 0 radical (unpaired) electrons. The van der Waals surface area contributed by atoms with Crippen LogP contribution >= 0.6 is 11.8 Å². The topological polar surface area (TPSA) is 57.6 Å². The van der Waals surface area contributed by atoms with Gasteiger partial charge in [-0.1, -0.05) is 13.8 Å². The molecule has 1 fully saturated rings. The Morgan fingerprint density at radius 3 is 2.43 bits per heavy atom. The summed E-state index contributed by atoms with van der Waals surface area (Å²) in [7, 11) is -3.74. The van der Waals surface area contributed by atoms with Gasteiger partial charge in [0.1, 0.15) is 5.82 Å². The van der Waals surface area contributed by atoms with Crippen molar-refractivity contribution in [2.45, 2.75) is 42.8 Å². The summed E-state index contributed by atoms with van der Waals surface area (Å²) in [5.41, 5.74) is 0.370. The van der Waals surface area contributed by atoms with Crippen molar-refractivity contribution in [3.8, 4) is 0 Å². The van der Waals surface area contributed by atoms with E-state index in [1.165, 1.54) is 23.4 Å². The van der Waals surface area contributed by atoms with Gasteiger partial charge in [0, 0.05) is 29.2 Å². The maximum absolute atomic E-state index is 13.9. The van der Waals surface area contributed by atoms with Gasteiger partial charge >= 0.3 is 0 Å². The molecule has 1 aromatic rings. The average Bonchev–Trinajstić information content (AvgIpc) is 2.40. The number of nitrogens with zero attached hydrogens (tertiary/aromatic N) is 1. The number of aliphatic hydroxyl groups is 1. The van der Waals surface area contributed by atoms with E-state index in [1.54, 1.807) is 11.8 Å². The second-order valence-electron chi connectivity index (χ2n) is 5.44. The lowest BCUT2D eigenvalue weighted by atomic mass is 10.1. The molecule has 4 nitrogen and oxygen atoms in total. The minimum absolute atomic E-state index is 0.0437. The van der Waals surface area contributed by atoms with Gasteiger partial charge in [-0.25, -0.2) is 12.8 Å². The first-order chi connectivity index (χ1) is 9.75. The largest absolute Gasteiger partial charge is 0.392 e. The molecule has 118 valence electrons. The lowest BCUT2D eigenvalue weighted by Gasteiger charge is -2.34. The zero-order valence-corrected chi connectivity index (χ0v) is 14.0. The molecule has 2 rings (SSSR count). The summed E-state index contributed by atoms with van der Waals surface area (Å²) in [6, 6.07) is 2.54. The van der Waals surface area contributed by atoms with E-state index in [1.807, 2.05) is 13.8 Å². The van der Waals surface area contributed by atoms with Crippen LogP contribution in [0.1, 0.15) is 25.0 Å². The smallest absolute Gasteiger partial charge is 0.243 e. The van der Waals surface area contributed by atoms with Crippen molar-refractivity contribution in [2.75, 3.05) is 13.1 Å². The molecule has 0 amide bonds. The highest BCUT2D eigenvalue weighted by Crippen LogP contribution is 2.31. The molecule has 1 heterocycles. The lowest BCUT2D eigenvalue weighted by molar-refractivity contribution is 0.280. The summed E-state index contributed by atoms with van der Waals surface area (Å²) in [6.07, 6.45) is 0. The fourth-order valence-corrected chi connectivity index (χ4v) is 5.95. The van der Waals surface area contributed by atoms with E-state index in [9.17, 15) is 12.8 Å². The molecule has 1 aromatic carbocycles. The van der Waals surface area contributed by atoms with Crippen LogP contribution in [0.15, 0.2) is 17.0 Å². The molecule has 2 atom stereocenters. The molecular weight excluding hydrogens is 313 g/mol. The Bertz CT molecular complexity index is 623. The molecule has 0 saturated carbocycles. The van der Waals surface area contributed by atoms with Gasteiger partial charge in [-0.2, -0.15) is 16.1 Å². The van der Waals surface area contributed by atoms with Crippen LogP contribution in [0.2, 0.25) is 0 Å². The Morgan fingerprint density at radius 1 is 1.33 bits per heavy atom. The van der Waals surface area contributed by atoms with Crippen molar-refractivity contribution in [1.29, 1.82) is 0 Å². The van der Waals surface area contributed by atoms with Crippen molar-refractivity contribution in [3.05, 3.63) is 29.1 Å². The fourth-order valence-electron chi connectivity index (χ4n) is 2.53. The van der Waals surface area contributed by atoms with Crippen LogP contribution in [-0.4, -0.2) is 41.4 Å². The lowest BCUT2D eigenvalue weighted by Crippen LogP contribution is -2.44. The van der Waals surface area contributed by atoms with Crippen molar-refractivity contribution in [2.24, 2.45) is 0 Å². The highest BCUT2D eigenvalue weighted by Gasteiger charge is 2.33. The van der Waals surface area contributed by atoms with Crippen molar-refractivity contribution < 1.29 is 17.9 Å². The summed E-state index contributed by atoms with van der Waals surface area (Å²) < 4.78 is 40.9. The van der Waals surface area contributed by atoms with Gasteiger partial charge in [-0.05, 0) is 24.6 Å². The van der Waals surface area contributed by atoms with E-state index in [4.69, 9.17) is 5.11 Å². The number of benzene rings is 1. The van der Waals surface area contributed by atoms with E-state index < -0.39 is 15.8 Å². The highest BCUT2D eigenvalue weighted by molar-refractivity contribution is 8.00. The van der Waals surface area contributed by atoms with Crippen LogP contribution in [0.4, 0.5) is 4.39 Å². The van der Waals surface area contributed by atoms with Crippen LogP contribution in [0.3, 0.4) is 0 Å². The molecular formula is C14H20FNO3S2. The zero-order chi connectivity index (χ0) is 15.8. The third-order valence-corrected chi connectivity index (χ3v) is 6.73. The van der Waals surface area contributed by atoms with E-state index in [-0.39, 0.29) is 33.1 Å². The predicted octanol–water partition coefficient (Wildman–Crippen LogP) is 2.14. The van der Waals surface area contributed by atoms with Gasteiger partial charge in [0.2, 0.25) is 10.0 Å². The fraction of sp³-hybridized carbons (Fsp3) is 0.571. The second kappa shape index (κ2) is 6.24. The van der Waals surface area contributed by atoms with Crippen LogP contribution in [-0.2, 0) is 16.6 Å². The Kier molecular flexibility index (Phi) is 4.97. The molecule has 2 unspecified atom stereocenters. The van der Waals surface area contributed by atoms with Gasteiger partial charge in [0.05, 0.1) is 11.5 Å². The monoisotopic (exact) mass is 333 g/mol. The average molecular weight is 333 g/mol. The maximum atomic E-state index is 13.9.